The first-order chi connectivity index (χ1) is 10.5. The average molecular weight is 299 g/mol. The third-order valence-corrected chi connectivity index (χ3v) is 4.07. The van der Waals surface area contributed by atoms with E-state index in [9.17, 15) is 9.59 Å². The van der Waals surface area contributed by atoms with Gasteiger partial charge in [0.1, 0.15) is 0 Å². The van der Waals surface area contributed by atoms with Crippen molar-refractivity contribution in [3.8, 4) is 0 Å². The predicted octanol–water partition coefficient (Wildman–Crippen LogP) is 2.95. The molecule has 5 nitrogen and oxygen atoms in total. The van der Waals surface area contributed by atoms with Crippen molar-refractivity contribution in [2.75, 3.05) is 0 Å². The van der Waals surface area contributed by atoms with Crippen LogP contribution in [-0.2, 0) is 6.42 Å². The van der Waals surface area contributed by atoms with Gasteiger partial charge in [-0.2, -0.15) is 0 Å². The lowest BCUT2D eigenvalue weighted by Crippen LogP contribution is -2.30. The molecule has 1 amide bonds. The maximum atomic E-state index is 12.3. The average Bonchev–Trinajstić information content (AvgIpc) is 3.06. The van der Waals surface area contributed by atoms with Gasteiger partial charge >= 0.3 is 5.97 Å². The highest BCUT2D eigenvalue weighted by Crippen LogP contribution is 2.36. The van der Waals surface area contributed by atoms with Crippen LogP contribution in [0.15, 0.2) is 34.7 Å². The second-order valence-corrected chi connectivity index (χ2v) is 5.80. The smallest absolute Gasteiger partial charge is 0.371 e. The fourth-order valence-corrected chi connectivity index (χ4v) is 2.97. The summed E-state index contributed by atoms with van der Waals surface area (Å²) in [5.41, 5.74) is 3.53. The van der Waals surface area contributed by atoms with Gasteiger partial charge in [0.25, 0.3) is 5.91 Å². The minimum atomic E-state index is -1.19. The quantitative estimate of drug-likeness (QED) is 0.913. The van der Waals surface area contributed by atoms with E-state index >= 15 is 0 Å². The number of fused-ring (bicyclic) bond motifs is 1. The van der Waals surface area contributed by atoms with E-state index < -0.39 is 11.9 Å². The van der Waals surface area contributed by atoms with Crippen LogP contribution in [0.1, 0.15) is 50.8 Å². The minimum absolute atomic E-state index is 0.0192. The van der Waals surface area contributed by atoms with E-state index in [1.54, 1.807) is 0 Å². The van der Waals surface area contributed by atoms with Gasteiger partial charge in [-0.3, -0.25) is 4.79 Å². The van der Waals surface area contributed by atoms with Crippen LogP contribution in [0.3, 0.4) is 0 Å². The van der Waals surface area contributed by atoms with Gasteiger partial charge in [0.05, 0.1) is 6.04 Å². The minimum Gasteiger partial charge on any atom is -0.475 e. The summed E-state index contributed by atoms with van der Waals surface area (Å²) in [4.78, 5) is 23.1. The van der Waals surface area contributed by atoms with Gasteiger partial charge in [-0.1, -0.05) is 30.7 Å². The summed E-state index contributed by atoms with van der Waals surface area (Å²) in [6.45, 7) is 4.11. The Morgan fingerprint density at radius 2 is 1.95 bits per heavy atom. The van der Waals surface area contributed by atoms with Gasteiger partial charge in [-0.25, -0.2) is 4.79 Å². The number of hydrogen-bond acceptors (Lipinski definition) is 3. The number of rotatable bonds is 3. The molecule has 0 saturated heterocycles. The fourth-order valence-electron chi connectivity index (χ4n) is 2.97. The van der Waals surface area contributed by atoms with Crippen LogP contribution in [-0.4, -0.2) is 17.0 Å². The van der Waals surface area contributed by atoms with E-state index in [-0.39, 0.29) is 23.5 Å². The largest absolute Gasteiger partial charge is 0.475 e. The topological polar surface area (TPSA) is 79.5 Å². The van der Waals surface area contributed by atoms with Crippen molar-refractivity contribution in [3.63, 3.8) is 0 Å². The van der Waals surface area contributed by atoms with Gasteiger partial charge in [0.2, 0.25) is 5.76 Å². The molecule has 1 aromatic carbocycles. The Bertz CT molecular complexity index is 747. The Morgan fingerprint density at radius 1 is 1.23 bits per heavy atom. The molecule has 0 saturated carbocycles. The second-order valence-electron chi connectivity index (χ2n) is 5.80. The van der Waals surface area contributed by atoms with Crippen LogP contribution in [0.2, 0.25) is 0 Å². The highest BCUT2D eigenvalue weighted by Gasteiger charge is 2.31. The van der Waals surface area contributed by atoms with E-state index in [0.29, 0.717) is 0 Å². The first kappa shape index (κ1) is 14.4. The number of carbonyl (C=O) groups is 2. The standard InChI is InChI=1S/C17H17NO4/c1-9-3-4-11-8-10(2)15(12(11)7-9)18-16(19)13-5-6-14(22-13)17(20)21/h3-7,10,15H,8H2,1-2H3,(H,18,19)(H,20,21). The lowest BCUT2D eigenvalue weighted by Gasteiger charge is -2.18. The third-order valence-electron chi connectivity index (χ3n) is 4.07. The highest BCUT2D eigenvalue weighted by atomic mass is 16.4. The molecule has 1 heterocycles. The summed E-state index contributed by atoms with van der Waals surface area (Å²) in [5.74, 6) is -1.51. The predicted molar refractivity (Wildman–Crippen MR) is 79.9 cm³/mol. The van der Waals surface area contributed by atoms with Crippen molar-refractivity contribution in [3.05, 3.63) is 58.5 Å². The number of carboxylic acids is 1. The molecule has 1 aromatic heterocycles. The first-order valence-electron chi connectivity index (χ1n) is 7.19. The summed E-state index contributed by atoms with van der Waals surface area (Å²) < 4.78 is 5.05. The number of furan rings is 1. The van der Waals surface area contributed by atoms with Crippen LogP contribution in [0.4, 0.5) is 0 Å². The molecule has 2 atom stereocenters. The summed E-state index contributed by atoms with van der Waals surface area (Å²) in [7, 11) is 0. The lowest BCUT2D eigenvalue weighted by atomic mass is 10.0. The zero-order valence-corrected chi connectivity index (χ0v) is 12.4. The van der Waals surface area contributed by atoms with Gasteiger partial charge in [0, 0.05) is 0 Å². The number of carboxylic acid groups (broad SMARTS) is 1. The van der Waals surface area contributed by atoms with E-state index in [4.69, 9.17) is 9.52 Å². The van der Waals surface area contributed by atoms with Crippen LogP contribution in [0, 0.1) is 12.8 Å². The lowest BCUT2D eigenvalue weighted by molar-refractivity contribution is 0.0659. The number of carbonyl (C=O) groups excluding carboxylic acids is 1. The van der Waals surface area contributed by atoms with Crippen LogP contribution in [0.5, 0.6) is 0 Å². The van der Waals surface area contributed by atoms with E-state index in [1.807, 2.05) is 6.92 Å². The molecule has 2 unspecified atom stereocenters. The zero-order chi connectivity index (χ0) is 15.9. The molecular formula is C17H17NO4. The molecule has 0 radical (unpaired) electrons. The van der Waals surface area contributed by atoms with Crippen molar-refractivity contribution >= 4 is 11.9 Å². The Labute approximate surface area is 127 Å². The summed E-state index contributed by atoms with van der Waals surface area (Å²) in [6.07, 6.45) is 0.916. The van der Waals surface area contributed by atoms with Crippen LogP contribution < -0.4 is 5.32 Å². The van der Waals surface area contributed by atoms with Crippen LogP contribution in [0.25, 0.3) is 0 Å². The molecule has 3 rings (SSSR count). The third kappa shape index (κ3) is 2.50. The Morgan fingerprint density at radius 3 is 2.64 bits per heavy atom. The van der Waals surface area contributed by atoms with E-state index in [2.05, 4.69) is 30.4 Å². The zero-order valence-electron chi connectivity index (χ0n) is 12.4. The summed E-state index contributed by atoms with van der Waals surface area (Å²) >= 11 is 0. The molecule has 2 aromatic rings. The maximum absolute atomic E-state index is 12.3. The Balaban J connectivity index is 1.82. The molecule has 114 valence electrons. The molecule has 0 spiro atoms. The molecule has 0 fully saturated rings. The Hall–Kier alpha value is -2.56. The highest BCUT2D eigenvalue weighted by molar-refractivity contribution is 5.93. The van der Waals surface area contributed by atoms with E-state index in [0.717, 1.165) is 17.5 Å². The van der Waals surface area contributed by atoms with Gasteiger partial charge in [0.15, 0.2) is 5.76 Å². The molecule has 22 heavy (non-hydrogen) atoms. The SMILES string of the molecule is Cc1ccc2c(c1)C(NC(=O)c1ccc(C(=O)O)o1)C(C)C2. The number of hydrogen-bond donors (Lipinski definition) is 2. The number of amides is 1. The van der Waals surface area contributed by atoms with Gasteiger partial charge < -0.3 is 14.8 Å². The summed E-state index contributed by atoms with van der Waals surface area (Å²) in [5, 5.41) is 11.8. The van der Waals surface area contributed by atoms with Crippen molar-refractivity contribution < 1.29 is 19.1 Å². The summed E-state index contributed by atoms with van der Waals surface area (Å²) in [6, 6.07) is 8.85. The van der Waals surface area contributed by atoms with Crippen molar-refractivity contribution in [2.24, 2.45) is 5.92 Å². The molecule has 2 N–H and O–H groups in total. The van der Waals surface area contributed by atoms with Gasteiger partial charge in [-0.05, 0) is 42.5 Å². The second kappa shape index (κ2) is 5.33. The Kier molecular flexibility index (Phi) is 3.48. The molecule has 0 aliphatic heterocycles. The maximum Gasteiger partial charge on any atom is 0.371 e. The molecule has 0 bridgehead atoms. The van der Waals surface area contributed by atoms with E-state index in [1.165, 1.54) is 17.7 Å². The number of aromatic carboxylic acids is 1. The fraction of sp³-hybridized carbons (Fsp3) is 0.294. The number of nitrogens with one attached hydrogen (secondary N) is 1. The van der Waals surface area contributed by atoms with Crippen LogP contribution >= 0.6 is 0 Å². The molecular weight excluding hydrogens is 282 g/mol. The van der Waals surface area contributed by atoms with Crippen molar-refractivity contribution in [1.29, 1.82) is 0 Å². The van der Waals surface area contributed by atoms with Crippen molar-refractivity contribution in [2.45, 2.75) is 26.3 Å². The number of benzene rings is 1. The molecule has 1 aliphatic rings. The van der Waals surface area contributed by atoms with Gasteiger partial charge in [-0.15, -0.1) is 0 Å². The van der Waals surface area contributed by atoms with Crippen molar-refractivity contribution in [1.82, 2.24) is 5.32 Å². The normalized spacial score (nSPS) is 19.7. The molecule has 1 aliphatic carbocycles. The molecule has 5 heteroatoms. The number of aryl methyl sites for hydroxylation is 1. The monoisotopic (exact) mass is 299 g/mol. The first-order valence-corrected chi connectivity index (χ1v) is 7.19.